The second-order valence-electron chi connectivity index (χ2n) is 6.32. The number of nitrogens with zero attached hydrogens (tertiary/aromatic N) is 2. The van der Waals surface area contributed by atoms with E-state index in [4.69, 9.17) is 4.74 Å². The van der Waals surface area contributed by atoms with Crippen LogP contribution in [0.15, 0.2) is 12.4 Å². The summed E-state index contributed by atoms with van der Waals surface area (Å²) >= 11 is 0. The van der Waals surface area contributed by atoms with E-state index in [1.807, 2.05) is 24.3 Å². The highest BCUT2D eigenvalue weighted by molar-refractivity contribution is 5.66. The Morgan fingerprint density at radius 2 is 1.50 bits per heavy atom. The van der Waals surface area contributed by atoms with Crippen molar-refractivity contribution in [1.82, 2.24) is 9.80 Å². The van der Waals surface area contributed by atoms with E-state index in [9.17, 15) is 4.79 Å². The van der Waals surface area contributed by atoms with Crippen molar-refractivity contribution in [3.63, 3.8) is 0 Å². The van der Waals surface area contributed by atoms with Crippen LogP contribution in [0.25, 0.3) is 0 Å². The normalized spacial score (nSPS) is 17.3. The summed E-state index contributed by atoms with van der Waals surface area (Å²) in [7, 11) is 1.93. The van der Waals surface area contributed by atoms with Crippen LogP contribution >= 0.6 is 0 Å². The molecule has 1 heterocycles. The largest absolute Gasteiger partial charge is 0.423 e. The predicted octanol–water partition coefficient (Wildman–Crippen LogP) is 4.47. The molecular weight excluding hydrogens is 276 g/mol. The van der Waals surface area contributed by atoms with E-state index in [1.54, 1.807) is 0 Å². The minimum Gasteiger partial charge on any atom is -0.423 e. The van der Waals surface area contributed by atoms with E-state index < -0.39 is 0 Å². The molecule has 1 aliphatic rings. The van der Waals surface area contributed by atoms with Gasteiger partial charge in [0, 0.05) is 32.9 Å². The fourth-order valence-electron chi connectivity index (χ4n) is 2.84. The molecule has 0 bridgehead atoms. The van der Waals surface area contributed by atoms with Crippen LogP contribution in [0.2, 0.25) is 0 Å². The zero-order valence-corrected chi connectivity index (χ0v) is 14.7. The van der Waals surface area contributed by atoms with Crippen LogP contribution in [0.1, 0.15) is 78.1 Å². The molecule has 0 aromatic carbocycles. The summed E-state index contributed by atoms with van der Waals surface area (Å²) in [5, 5.41) is 0. The van der Waals surface area contributed by atoms with E-state index in [-0.39, 0.29) is 12.3 Å². The Balaban J connectivity index is 2.00. The zero-order valence-electron chi connectivity index (χ0n) is 14.7. The van der Waals surface area contributed by atoms with Gasteiger partial charge in [0.2, 0.25) is 0 Å². The maximum Gasteiger partial charge on any atom is 0.305 e. The van der Waals surface area contributed by atoms with Gasteiger partial charge in [-0.3, -0.25) is 4.79 Å². The molecule has 1 aliphatic heterocycles. The highest BCUT2D eigenvalue weighted by Gasteiger charge is 2.25. The molecular formula is C18H34N2O2. The van der Waals surface area contributed by atoms with Crippen LogP contribution in [-0.2, 0) is 9.53 Å². The standard InChI is InChI=1S/C18H34N2O2/c1-4-5-6-7-8-9-10-11-12-13-14-20-16-15-19(3)18(20)22-17(2)21/h15-16,18H,4-14H2,1-3H3. The topological polar surface area (TPSA) is 32.8 Å². The van der Waals surface area contributed by atoms with Gasteiger partial charge in [-0.05, 0) is 6.42 Å². The van der Waals surface area contributed by atoms with Gasteiger partial charge < -0.3 is 14.5 Å². The molecule has 0 N–H and O–H groups in total. The number of carbonyl (C=O) groups excluding carboxylic acids is 1. The smallest absolute Gasteiger partial charge is 0.305 e. The second-order valence-corrected chi connectivity index (χ2v) is 6.32. The van der Waals surface area contributed by atoms with Crippen molar-refractivity contribution in [2.75, 3.05) is 13.6 Å². The van der Waals surface area contributed by atoms with Gasteiger partial charge in [0.1, 0.15) is 0 Å². The Hall–Kier alpha value is -1.19. The van der Waals surface area contributed by atoms with Crippen molar-refractivity contribution in [3.05, 3.63) is 12.4 Å². The molecule has 128 valence electrons. The average molecular weight is 310 g/mol. The highest BCUT2D eigenvalue weighted by Crippen LogP contribution is 2.17. The summed E-state index contributed by atoms with van der Waals surface area (Å²) in [6, 6.07) is 0. The van der Waals surface area contributed by atoms with Gasteiger partial charge in [-0.1, -0.05) is 64.7 Å². The molecule has 0 spiro atoms. The fraction of sp³-hybridized carbons (Fsp3) is 0.833. The van der Waals surface area contributed by atoms with Crippen molar-refractivity contribution >= 4 is 5.97 Å². The molecule has 1 rings (SSSR count). The number of hydrogen-bond donors (Lipinski definition) is 0. The Kier molecular flexibility index (Phi) is 9.76. The summed E-state index contributed by atoms with van der Waals surface area (Å²) < 4.78 is 5.33. The number of carbonyl (C=O) groups is 1. The first kappa shape index (κ1) is 18.9. The van der Waals surface area contributed by atoms with Gasteiger partial charge in [0.15, 0.2) is 0 Å². The van der Waals surface area contributed by atoms with Crippen LogP contribution in [-0.4, -0.2) is 35.7 Å². The SMILES string of the molecule is CCCCCCCCCCCCN1C=CN(C)C1OC(C)=O. The quantitative estimate of drug-likeness (QED) is 0.393. The third-order valence-electron chi connectivity index (χ3n) is 4.17. The summed E-state index contributed by atoms with van der Waals surface area (Å²) in [6.45, 7) is 4.68. The number of unbranched alkanes of at least 4 members (excludes halogenated alkanes) is 9. The highest BCUT2D eigenvalue weighted by atomic mass is 16.6. The average Bonchev–Trinajstić information content (AvgIpc) is 2.81. The molecule has 0 fully saturated rings. The number of ether oxygens (including phenoxy) is 1. The van der Waals surface area contributed by atoms with Crippen LogP contribution in [0.5, 0.6) is 0 Å². The maximum absolute atomic E-state index is 11.1. The van der Waals surface area contributed by atoms with Crippen molar-refractivity contribution in [1.29, 1.82) is 0 Å². The minimum atomic E-state index is -0.254. The molecule has 4 nitrogen and oxygen atoms in total. The van der Waals surface area contributed by atoms with Crippen molar-refractivity contribution in [2.45, 2.75) is 84.4 Å². The first-order valence-corrected chi connectivity index (χ1v) is 8.98. The monoisotopic (exact) mass is 310 g/mol. The minimum absolute atomic E-state index is 0.228. The Morgan fingerprint density at radius 3 is 2.05 bits per heavy atom. The molecule has 0 amide bonds. The summed E-state index contributed by atoms with van der Waals surface area (Å²) in [5.74, 6) is -0.228. The van der Waals surface area contributed by atoms with Gasteiger partial charge >= 0.3 is 5.97 Å². The number of esters is 1. The first-order valence-electron chi connectivity index (χ1n) is 8.98. The van der Waals surface area contributed by atoms with Crippen molar-refractivity contribution in [3.8, 4) is 0 Å². The summed E-state index contributed by atoms with van der Waals surface area (Å²) in [5.41, 5.74) is 0. The van der Waals surface area contributed by atoms with Gasteiger partial charge in [0.05, 0.1) is 0 Å². The predicted molar refractivity (Wildman–Crippen MR) is 91.0 cm³/mol. The van der Waals surface area contributed by atoms with E-state index in [1.165, 1.54) is 64.7 Å². The molecule has 1 atom stereocenters. The van der Waals surface area contributed by atoms with Gasteiger partial charge in [-0.2, -0.15) is 0 Å². The maximum atomic E-state index is 11.1. The third kappa shape index (κ3) is 7.71. The van der Waals surface area contributed by atoms with E-state index in [0.29, 0.717) is 0 Å². The van der Waals surface area contributed by atoms with Crippen LogP contribution in [0, 0.1) is 0 Å². The van der Waals surface area contributed by atoms with Gasteiger partial charge in [-0.25, -0.2) is 0 Å². The zero-order chi connectivity index (χ0) is 16.2. The summed E-state index contributed by atoms with van der Waals surface area (Å²) in [4.78, 5) is 15.2. The van der Waals surface area contributed by atoms with Crippen LogP contribution in [0.4, 0.5) is 0 Å². The lowest BCUT2D eigenvalue weighted by atomic mass is 10.1. The Labute approximate surface area is 136 Å². The van der Waals surface area contributed by atoms with Gasteiger partial charge in [-0.15, -0.1) is 0 Å². The van der Waals surface area contributed by atoms with Gasteiger partial charge in [0.25, 0.3) is 6.35 Å². The molecule has 22 heavy (non-hydrogen) atoms. The molecule has 0 aromatic heterocycles. The van der Waals surface area contributed by atoms with Crippen LogP contribution < -0.4 is 0 Å². The lowest BCUT2D eigenvalue weighted by Gasteiger charge is -2.29. The fourth-order valence-corrected chi connectivity index (χ4v) is 2.84. The number of hydrogen-bond acceptors (Lipinski definition) is 4. The second kappa shape index (κ2) is 11.4. The molecule has 0 saturated carbocycles. The molecule has 0 aliphatic carbocycles. The van der Waals surface area contributed by atoms with E-state index in [0.717, 1.165) is 13.0 Å². The summed E-state index contributed by atoms with van der Waals surface area (Å²) in [6.07, 6.45) is 17.1. The lowest BCUT2D eigenvalue weighted by Crippen LogP contribution is -2.40. The van der Waals surface area contributed by atoms with Crippen LogP contribution in [0.3, 0.4) is 0 Å². The lowest BCUT2D eigenvalue weighted by molar-refractivity contribution is -0.164. The van der Waals surface area contributed by atoms with E-state index in [2.05, 4.69) is 11.8 Å². The first-order chi connectivity index (χ1) is 10.6. The molecule has 1 unspecified atom stereocenters. The number of rotatable bonds is 12. The Morgan fingerprint density at radius 1 is 0.955 bits per heavy atom. The third-order valence-corrected chi connectivity index (χ3v) is 4.17. The van der Waals surface area contributed by atoms with E-state index >= 15 is 0 Å². The molecule has 0 saturated heterocycles. The molecule has 4 heteroatoms. The molecule has 0 radical (unpaired) electrons. The van der Waals surface area contributed by atoms with Crippen molar-refractivity contribution in [2.24, 2.45) is 0 Å². The molecule has 0 aromatic rings. The van der Waals surface area contributed by atoms with Crippen molar-refractivity contribution < 1.29 is 9.53 Å². The Bertz CT molecular complexity index is 331.